The first kappa shape index (κ1) is 13.8. The van der Waals surface area contributed by atoms with E-state index >= 15 is 0 Å². The van der Waals surface area contributed by atoms with Crippen LogP contribution in [0.5, 0.6) is 5.75 Å². The number of hydrogen-bond donors (Lipinski definition) is 1. The number of anilines is 1. The van der Waals surface area contributed by atoms with Gasteiger partial charge in [-0.15, -0.1) is 0 Å². The number of nitrogen functional groups attached to an aromatic ring is 1. The van der Waals surface area contributed by atoms with Gasteiger partial charge in [0.15, 0.2) is 0 Å². The van der Waals surface area contributed by atoms with Gasteiger partial charge in [-0.05, 0) is 25.5 Å². The summed E-state index contributed by atoms with van der Waals surface area (Å²) < 4.78 is 10.3. The van der Waals surface area contributed by atoms with E-state index in [-0.39, 0.29) is 16.8 Å². The highest BCUT2D eigenvalue weighted by atomic mass is 16.5. The molecule has 0 aliphatic heterocycles. The van der Waals surface area contributed by atoms with E-state index in [1.807, 2.05) is 19.9 Å². The zero-order valence-corrected chi connectivity index (χ0v) is 10.5. The zero-order valence-electron chi connectivity index (χ0n) is 10.5. The third kappa shape index (κ3) is 2.92. The molecule has 0 radical (unpaired) electrons. The second-order valence-electron chi connectivity index (χ2n) is 3.58. The van der Waals surface area contributed by atoms with Crippen LogP contribution in [0, 0.1) is 11.3 Å². The lowest BCUT2D eigenvalue weighted by atomic mass is 10.1. The number of carbonyl (C=O) groups excluding carboxylic acids is 1. The van der Waals surface area contributed by atoms with Crippen molar-refractivity contribution in [1.82, 2.24) is 0 Å². The first-order chi connectivity index (χ1) is 8.65. The van der Waals surface area contributed by atoms with Gasteiger partial charge in [0, 0.05) is 0 Å². The van der Waals surface area contributed by atoms with E-state index in [1.165, 1.54) is 6.07 Å². The van der Waals surface area contributed by atoms with Gasteiger partial charge < -0.3 is 15.2 Å². The van der Waals surface area contributed by atoms with Crippen LogP contribution in [0.2, 0.25) is 0 Å². The summed E-state index contributed by atoms with van der Waals surface area (Å²) in [5, 5.41) is 8.98. The molecule has 96 valence electrons. The van der Waals surface area contributed by atoms with Crippen LogP contribution < -0.4 is 10.5 Å². The van der Waals surface area contributed by atoms with Gasteiger partial charge >= 0.3 is 5.97 Å². The highest BCUT2D eigenvalue weighted by molar-refractivity contribution is 5.99. The lowest BCUT2D eigenvalue weighted by Gasteiger charge is -2.12. The molecule has 1 rings (SSSR count). The van der Waals surface area contributed by atoms with Gasteiger partial charge in [-0.1, -0.05) is 6.92 Å². The molecule has 0 spiro atoms. The van der Waals surface area contributed by atoms with Crippen LogP contribution in [0.25, 0.3) is 0 Å². The molecule has 0 saturated heterocycles. The van der Waals surface area contributed by atoms with Crippen LogP contribution >= 0.6 is 0 Å². The van der Waals surface area contributed by atoms with Crippen LogP contribution in [-0.2, 0) is 4.74 Å². The quantitative estimate of drug-likeness (QED) is 0.637. The maximum Gasteiger partial charge on any atom is 0.341 e. The van der Waals surface area contributed by atoms with Crippen LogP contribution in [0.4, 0.5) is 5.69 Å². The first-order valence-corrected chi connectivity index (χ1v) is 5.78. The Balaban J connectivity index is 3.17. The SMILES string of the molecule is CCCOC(=O)c1c(C#N)ccc(OCC)c1N. The normalized spacial score (nSPS) is 9.61. The summed E-state index contributed by atoms with van der Waals surface area (Å²) >= 11 is 0. The average molecular weight is 248 g/mol. The Labute approximate surface area is 106 Å². The van der Waals surface area contributed by atoms with Crippen molar-refractivity contribution in [3.8, 4) is 11.8 Å². The topological polar surface area (TPSA) is 85.3 Å². The molecule has 2 N–H and O–H groups in total. The number of carbonyl (C=O) groups is 1. The van der Waals surface area contributed by atoms with Gasteiger partial charge in [-0.25, -0.2) is 4.79 Å². The molecule has 0 bridgehead atoms. The molecule has 0 unspecified atom stereocenters. The maximum atomic E-state index is 11.9. The molecule has 0 aliphatic rings. The zero-order chi connectivity index (χ0) is 13.5. The van der Waals surface area contributed by atoms with E-state index in [1.54, 1.807) is 6.07 Å². The minimum atomic E-state index is -0.590. The number of rotatable bonds is 5. The van der Waals surface area contributed by atoms with Crippen molar-refractivity contribution in [2.45, 2.75) is 20.3 Å². The minimum absolute atomic E-state index is 0.0805. The van der Waals surface area contributed by atoms with E-state index in [0.29, 0.717) is 25.4 Å². The summed E-state index contributed by atoms with van der Waals surface area (Å²) in [4.78, 5) is 11.9. The van der Waals surface area contributed by atoms with Crippen LogP contribution in [0.3, 0.4) is 0 Å². The third-order valence-corrected chi connectivity index (χ3v) is 2.27. The monoisotopic (exact) mass is 248 g/mol. The minimum Gasteiger partial charge on any atom is -0.492 e. The summed E-state index contributed by atoms with van der Waals surface area (Å²) in [6.45, 7) is 4.42. The van der Waals surface area contributed by atoms with Gasteiger partial charge in [-0.2, -0.15) is 5.26 Å². The Kier molecular flexibility index (Phi) is 5.00. The van der Waals surface area contributed by atoms with E-state index in [9.17, 15) is 4.79 Å². The molecule has 1 aromatic carbocycles. The van der Waals surface area contributed by atoms with Crippen molar-refractivity contribution < 1.29 is 14.3 Å². The second-order valence-corrected chi connectivity index (χ2v) is 3.58. The summed E-state index contributed by atoms with van der Waals surface area (Å²) in [7, 11) is 0. The standard InChI is InChI=1S/C13H16N2O3/c1-3-7-18-13(16)11-9(8-14)5-6-10(12(11)15)17-4-2/h5-6H,3-4,7,15H2,1-2H3. The molecule has 5 nitrogen and oxygen atoms in total. The smallest absolute Gasteiger partial charge is 0.341 e. The molecule has 0 aromatic heterocycles. The summed E-state index contributed by atoms with van der Waals surface area (Å²) in [6.07, 6.45) is 0.707. The fourth-order valence-electron chi connectivity index (χ4n) is 1.46. The van der Waals surface area contributed by atoms with Crippen molar-refractivity contribution in [2.75, 3.05) is 18.9 Å². The Morgan fingerprint density at radius 1 is 1.44 bits per heavy atom. The largest absolute Gasteiger partial charge is 0.492 e. The molecule has 0 atom stereocenters. The van der Waals surface area contributed by atoms with Crippen molar-refractivity contribution in [1.29, 1.82) is 5.26 Å². The number of hydrogen-bond acceptors (Lipinski definition) is 5. The van der Waals surface area contributed by atoms with Crippen molar-refractivity contribution >= 4 is 11.7 Å². The predicted octanol–water partition coefficient (Wildman–Crippen LogP) is 2.11. The molecule has 5 heteroatoms. The van der Waals surface area contributed by atoms with Gasteiger partial charge in [0.2, 0.25) is 0 Å². The van der Waals surface area contributed by atoms with Crippen molar-refractivity contribution in [2.24, 2.45) is 0 Å². The maximum absolute atomic E-state index is 11.9. The summed E-state index contributed by atoms with van der Waals surface area (Å²) in [5.41, 5.74) is 6.26. The van der Waals surface area contributed by atoms with E-state index in [4.69, 9.17) is 20.5 Å². The molecular weight excluding hydrogens is 232 g/mol. The van der Waals surface area contributed by atoms with E-state index in [2.05, 4.69) is 0 Å². The third-order valence-electron chi connectivity index (χ3n) is 2.27. The molecule has 18 heavy (non-hydrogen) atoms. The highest BCUT2D eigenvalue weighted by Gasteiger charge is 2.19. The Morgan fingerprint density at radius 2 is 2.17 bits per heavy atom. The molecule has 0 heterocycles. The highest BCUT2D eigenvalue weighted by Crippen LogP contribution is 2.28. The fourth-order valence-corrected chi connectivity index (χ4v) is 1.46. The Hall–Kier alpha value is -2.22. The predicted molar refractivity (Wildman–Crippen MR) is 67.3 cm³/mol. The van der Waals surface area contributed by atoms with E-state index < -0.39 is 5.97 Å². The number of nitrogens with zero attached hydrogens (tertiary/aromatic N) is 1. The lowest BCUT2D eigenvalue weighted by Crippen LogP contribution is -2.12. The van der Waals surface area contributed by atoms with Crippen LogP contribution in [0.15, 0.2) is 12.1 Å². The number of nitriles is 1. The van der Waals surface area contributed by atoms with E-state index in [0.717, 1.165) is 0 Å². The Morgan fingerprint density at radius 3 is 2.72 bits per heavy atom. The number of esters is 1. The molecule has 0 fully saturated rings. The molecular formula is C13H16N2O3. The second kappa shape index (κ2) is 6.50. The van der Waals surface area contributed by atoms with Gasteiger partial charge in [0.1, 0.15) is 17.4 Å². The van der Waals surface area contributed by atoms with Gasteiger partial charge in [-0.3, -0.25) is 0 Å². The number of nitrogens with two attached hydrogens (primary N) is 1. The molecule has 0 amide bonds. The number of benzene rings is 1. The molecule has 0 saturated carbocycles. The molecule has 1 aromatic rings. The lowest BCUT2D eigenvalue weighted by molar-refractivity contribution is 0.0505. The number of ether oxygens (including phenoxy) is 2. The van der Waals surface area contributed by atoms with Crippen LogP contribution in [-0.4, -0.2) is 19.2 Å². The molecule has 0 aliphatic carbocycles. The van der Waals surface area contributed by atoms with Crippen molar-refractivity contribution in [3.63, 3.8) is 0 Å². The van der Waals surface area contributed by atoms with Crippen LogP contribution in [0.1, 0.15) is 36.2 Å². The van der Waals surface area contributed by atoms with Crippen molar-refractivity contribution in [3.05, 3.63) is 23.3 Å². The first-order valence-electron chi connectivity index (χ1n) is 5.78. The Bertz CT molecular complexity index is 478. The fraction of sp³-hybridized carbons (Fsp3) is 0.385. The van der Waals surface area contributed by atoms with Gasteiger partial charge in [0.25, 0.3) is 0 Å². The summed E-state index contributed by atoms with van der Waals surface area (Å²) in [5.74, 6) is -0.201. The summed E-state index contributed by atoms with van der Waals surface area (Å²) in [6, 6.07) is 5.01. The van der Waals surface area contributed by atoms with Gasteiger partial charge in [0.05, 0.1) is 24.5 Å². The average Bonchev–Trinajstić information content (AvgIpc) is 2.38.